The first-order valence-corrected chi connectivity index (χ1v) is 12.8. The molecule has 1 saturated heterocycles. The second-order valence-corrected chi connectivity index (χ2v) is 9.92. The number of rotatable bonds is 11. The number of aromatic nitrogens is 1. The van der Waals surface area contributed by atoms with Gasteiger partial charge in [0.1, 0.15) is 24.1 Å². The van der Waals surface area contributed by atoms with Crippen molar-refractivity contribution in [3.05, 3.63) is 65.4 Å². The summed E-state index contributed by atoms with van der Waals surface area (Å²) in [5.41, 5.74) is 2.49. The van der Waals surface area contributed by atoms with Gasteiger partial charge in [-0.15, -0.1) is 0 Å². The van der Waals surface area contributed by atoms with Crippen LogP contribution in [0.25, 0.3) is 10.9 Å². The average Bonchev–Trinajstić information content (AvgIpc) is 2.94. The number of aliphatic hydroxyl groups is 1. The second-order valence-electron chi connectivity index (χ2n) is 9.92. The van der Waals surface area contributed by atoms with Gasteiger partial charge in [0, 0.05) is 42.0 Å². The lowest BCUT2D eigenvalue weighted by Gasteiger charge is -2.40. The molecule has 1 aromatic heterocycles. The molecular weight excluding hydrogens is 513 g/mol. The fourth-order valence-corrected chi connectivity index (χ4v) is 5.35. The molecule has 0 spiro atoms. The Labute approximate surface area is 224 Å². The summed E-state index contributed by atoms with van der Waals surface area (Å²) in [6.45, 7) is 1.33. The van der Waals surface area contributed by atoms with E-state index >= 15 is 0 Å². The Bertz CT molecular complexity index is 1280. The lowest BCUT2D eigenvalue weighted by atomic mass is 9.73. The van der Waals surface area contributed by atoms with Gasteiger partial charge in [0.05, 0.1) is 24.1 Å². The van der Waals surface area contributed by atoms with Crippen LogP contribution in [0.3, 0.4) is 0 Å². The van der Waals surface area contributed by atoms with Crippen molar-refractivity contribution >= 4 is 22.5 Å². The van der Waals surface area contributed by atoms with Crippen molar-refractivity contribution in [2.45, 2.75) is 38.5 Å². The Morgan fingerprint density at radius 1 is 1.18 bits per heavy atom. The largest absolute Gasteiger partial charge is 0.497 e. The Morgan fingerprint density at radius 2 is 1.90 bits per heavy atom. The number of likely N-dealkylation sites (tertiary alicyclic amines) is 1. The molecule has 1 aliphatic rings. The molecule has 2 heterocycles. The number of carbonyl (C=O) groups excluding carboxylic acids is 1. The third-order valence-corrected chi connectivity index (χ3v) is 7.59. The third-order valence-electron chi connectivity index (χ3n) is 7.59. The highest BCUT2D eigenvalue weighted by atomic mass is 19.1. The van der Waals surface area contributed by atoms with Crippen LogP contribution in [0.1, 0.15) is 42.9 Å². The van der Waals surface area contributed by atoms with Crippen molar-refractivity contribution in [1.82, 2.24) is 15.4 Å². The molecule has 0 aliphatic carbocycles. The van der Waals surface area contributed by atoms with Gasteiger partial charge < -0.3 is 20.1 Å². The Kier molecular flexibility index (Phi) is 9.26. The molecule has 1 aliphatic heterocycles. The monoisotopic (exact) mass is 546 g/mol. The van der Waals surface area contributed by atoms with Crippen LogP contribution < -0.4 is 15.5 Å². The van der Waals surface area contributed by atoms with Crippen molar-refractivity contribution in [1.29, 1.82) is 0 Å². The molecular formula is C28H33F3N4O4. The molecule has 4 rings (SSSR count). The highest BCUT2D eigenvalue weighted by Gasteiger charge is 2.41. The summed E-state index contributed by atoms with van der Waals surface area (Å²) in [6.07, 6.45) is 1.65. The summed E-state index contributed by atoms with van der Waals surface area (Å²) >= 11 is 0. The number of hydrogen-bond donors (Lipinski definition) is 4. The van der Waals surface area contributed by atoms with Crippen molar-refractivity contribution < 1.29 is 33.0 Å². The van der Waals surface area contributed by atoms with Crippen LogP contribution in [0, 0.1) is 17.0 Å². The number of hydrogen-bond acceptors (Lipinski definition) is 7. The molecule has 0 bridgehead atoms. The maximum absolute atomic E-state index is 13.9. The van der Waals surface area contributed by atoms with Gasteiger partial charge in [-0.25, -0.2) is 18.7 Å². The number of nitrogens with one attached hydrogen (secondary N) is 2. The molecule has 11 heteroatoms. The van der Waals surface area contributed by atoms with Gasteiger partial charge in [0.15, 0.2) is 0 Å². The number of piperidine rings is 1. The van der Waals surface area contributed by atoms with E-state index in [4.69, 9.17) is 4.74 Å². The fraction of sp³-hybridized carbons (Fsp3) is 0.429. The van der Waals surface area contributed by atoms with E-state index in [-0.39, 0.29) is 18.4 Å². The van der Waals surface area contributed by atoms with Crippen molar-refractivity contribution in [2.75, 3.05) is 38.6 Å². The van der Waals surface area contributed by atoms with Gasteiger partial charge in [-0.05, 0) is 74.7 Å². The van der Waals surface area contributed by atoms with Gasteiger partial charge in [0.2, 0.25) is 5.91 Å². The number of halogens is 3. The standard InChI is InChI=1S/C28H33F3N4O4/c1-39-22-2-3-24-23(15-22)26(18(16-29)17-33-24)25(36)4-5-28(27(37)34-38)6-9-35(10-7-28)11-8-32-21-13-19(30)12-20(31)14-21/h2-3,12-15,17,25,32,36,38H,4-11,16H2,1H3,(H,34,37). The number of aliphatic hydroxyl groups excluding tert-OH is 1. The van der Waals surface area contributed by atoms with Crippen LogP contribution in [0.5, 0.6) is 5.75 Å². The number of pyridine rings is 1. The fourth-order valence-electron chi connectivity index (χ4n) is 5.35. The number of anilines is 1. The molecule has 0 saturated carbocycles. The normalized spacial score (nSPS) is 16.2. The minimum atomic E-state index is -1.06. The minimum Gasteiger partial charge on any atom is -0.497 e. The topological polar surface area (TPSA) is 107 Å². The second kappa shape index (κ2) is 12.6. The van der Waals surface area contributed by atoms with Gasteiger partial charge in [-0.2, -0.15) is 0 Å². The first-order chi connectivity index (χ1) is 18.8. The number of amides is 1. The minimum absolute atomic E-state index is 0.170. The van der Waals surface area contributed by atoms with E-state index in [0.717, 1.165) is 6.07 Å². The molecule has 0 radical (unpaired) electrons. The van der Waals surface area contributed by atoms with Crippen LogP contribution >= 0.6 is 0 Å². The molecule has 4 N–H and O–H groups in total. The number of fused-ring (bicyclic) bond motifs is 1. The Morgan fingerprint density at radius 3 is 2.54 bits per heavy atom. The lowest BCUT2D eigenvalue weighted by molar-refractivity contribution is -0.143. The Balaban J connectivity index is 1.41. The molecule has 1 unspecified atom stereocenters. The lowest BCUT2D eigenvalue weighted by Crippen LogP contribution is -2.49. The van der Waals surface area contributed by atoms with Crippen molar-refractivity contribution in [2.24, 2.45) is 5.41 Å². The van der Waals surface area contributed by atoms with Crippen LogP contribution in [-0.4, -0.2) is 59.4 Å². The SMILES string of the molecule is COc1ccc2ncc(CF)c(C(O)CCC3(C(=O)NO)CCN(CCNc4cc(F)cc(F)c4)CC3)c2c1. The van der Waals surface area contributed by atoms with E-state index in [1.165, 1.54) is 25.4 Å². The quantitative estimate of drug-likeness (QED) is 0.207. The molecule has 210 valence electrons. The van der Waals surface area contributed by atoms with Crippen LogP contribution in [-0.2, 0) is 11.5 Å². The number of benzene rings is 2. The molecule has 1 amide bonds. The summed E-state index contributed by atoms with van der Waals surface area (Å²) in [7, 11) is 1.52. The van der Waals surface area contributed by atoms with Crippen LogP contribution in [0.2, 0.25) is 0 Å². The molecule has 3 aromatic rings. The molecule has 2 aromatic carbocycles. The smallest absolute Gasteiger partial charge is 0.249 e. The number of ether oxygens (including phenoxy) is 1. The van der Waals surface area contributed by atoms with Gasteiger partial charge >= 0.3 is 0 Å². The van der Waals surface area contributed by atoms with Gasteiger partial charge in [-0.1, -0.05) is 0 Å². The van der Waals surface area contributed by atoms with Crippen molar-refractivity contribution in [3.63, 3.8) is 0 Å². The molecule has 1 atom stereocenters. The van der Waals surface area contributed by atoms with Crippen LogP contribution in [0.15, 0.2) is 42.6 Å². The van der Waals surface area contributed by atoms with Gasteiger partial charge in [0.25, 0.3) is 0 Å². The summed E-state index contributed by atoms with van der Waals surface area (Å²) in [4.78, 5) is 19.2. The number of nitrogens with zero attached hydrogens (tertiary/aromatic N) is 2. The van der Waals surface area contributed by atoms with E-state index in [9.17, 15) is 28.3 Å². The van der Waals surface area contributed by atoms with Gasteiger partial charge in [-0.3, -0.25) is 15.0 Å². The number of alkyl halides is 1. The summed E-state index contributed by atoms with van der Waals surface area (Å²) in [6, 6.07) is 8.44. The Hall–Kier alpha value is -3.41. The van der Waals surface area contributed by atoms with Crippen molar-refractivity contribution in [3.8, 4) is 5.75 Å². The molecule has 8 nitrogen and oxygen atoms in total. The number of methoxy groups -OCH3 is 1. The van der Waals surface area contributed by atoms with Crippen LogP contribution in [0.4, 0.5) is 18.9 Å². The zero-order chi connectivity index (χ0) is 28.0. The summed E-state index contributed by atoms with van der Waals surface area (Å²) in [5.74, 6) is -1.28. The predicted octanol–water partition coefficient (Wildman–Crippen LogP) is 4.50. The highest BCUT2D eigenvalue weighted by molar-refractivity contribution is 5.85. The third kappa shape index (κ3) is 6.60. The first kappa shape index (κ1) is 28.6. The zero-order valence-corrected chi connectivity index (χ0v) is 21.7. The van der Waals surface area contributed by atoms with E-state index in [1.54, 1.807) is 23.7 Å². The highest BCUT2D eigenvalue weighted by Crippen LogP contribution is 2.40. The summed E-state index contributed by atoms with van der Waals surface area (Å²) in [5, 5.41) is 24.3. The van der Waals surface area contributed by atoms with E-state index in [1.807, 2.05) is 0 Å². The van der Waals surface area contributed by atoms with E-state index < -0.39 is 35.7 Å². The maximum Gasteiger partial charge on any atom is 0.249 e. The van der Waals surface area contributed by atoms with E-state index in [2.05, 4.69) is 15.2 Å². The maximum atomic E-state index is 13.9. The zero-order valence-electron chi connectivity index (χ0n) is 21.7. The van der Waals surface area contributed by atoms with E-state index in [0.29, 0.717) is 66.9 Å². The average molecular weight is 547 g/mol. The number of carbonyl (C=O) groups is 1. The predicted molar refractivity (Wildman–Crippen MR) is 140 cm³/mol. The summed E-state index contributed by atoms with van der Waals surface area (Å²) < 4.78 is 46.0. The molecule has 1 fully saturated rings. The first-order valence-electron chi connectivity index (χ1n) is 12.8. The number of hydroxylamine groups is 1. The molecule has 39 heavy (non-hydrogen) atoms.